The monoisotopic (exact) mass is 263 g/mol. The molecular weight excluding hydrogens is 242 g/mol. The summed E-state index contributed by atoms with van der Waals surface area (Å²) in [4.78, 5) is 12.1. The summed E-state index contributed by atoms with van der Waals surface area (Å²) in [7, 11) is 0. The van der Waals surface area contributed by atoms with E-state index in [9.17, 15) is 4.79 Å². The van der Waals surface area contributed by atoms with Crippen molar-refractivity contribution in [1.29, 1.82) is 0 Å². The van der Waals surface area contributed by atoms with Crippen LogP contribution in [0.1, 0.15) is 42.5 Å². The van der Waals surface area contributed by atoms with Gasteiger partial charge in [0.1, 0.15) is 0 Å². The molecule has 1 aromatic rings. The molecule has 2 N–H and O–H groups in total. The fourth-order valence-corrected chi connectivity index (χ4v) is 2.09. The van der Waals surface area contributed by atoms with Gasteiger partial charge in [-0.15, -0.1) is 0 Å². The summed E-state index contributed by atoms with van der Waals surface area (Å²) in [5.74, 6) is 1.58. The fourth-order valence-electron chi connectivity index (χ4n) is 2.09. The van der Waals surface area contributed by atoms with Crippen LogP contribution in [0.25, 0.3) is 0 Å². The van der Waals surface area contributed by atoms with Crippen LogP contribution in [0.5, 0.6) is 11.5 Å². The summed E-state index contributed by atoms with van der Waals surface area (Å²) in [5.41, 5.74) is 6.14. The maximum absolute atomic E-state index is 12.1. The van der Waals surface area contributed by atoms with Crippen LogP contribution in [-0.4, -0.2) is 25.5 Å². The lowest BCUT2D eigenvalue weighted by atomic mass is 10.0. The number of hydrogen-bond donors (Lipinski definition) is 1. The molecule has 0 atom stereocenters. The number of carbonyl (C=O) groups excluding carboxylic acids is 1. The van der Waals surface area contributed by atoms with Crippen LogP contribution >= 0.6 is 0 Å². The Hall–Kier alpha value is -1.55. The molecule has 0 spiro atoms. The van der Waals surface area contributed by atoms with Gasteiger partial charge in [0.25, 0.3) is 0 Å². The summed E-state index contributed by atoms with van der Waals surface area (Å²) >= 11 is 0. The van der Waals surface area contributed by atoms with Crippen LogP contribution in [0.3, 0.4) is 0 Å². The van der Waals surface area contributed by atoms with Gasteiger partial charge in [-0.3, -0.25) is 4.79 Å². The predicted molar refractivity (Wildman–Crippen MR) is 73.9 cm³/mol. The fraction of sp³-hybridized carbons (Fsp3) is 0.533. The zero-order valence-electron chi connectivity index (χ0n) is 11.2. The van der Waals surface area contributed by atoms with Crippen LogP contribution in [0, 0.1) is 0 Å². The zero-order valence-corrected chi connectivity index (χ0v) is 11.2. The number of nitrogens with two attached hydrogens (primary N) is 1. The Kier molecular flexibility index (Phi) is 5.21. The quantitative estimate of drug-likeness (QED) is 0.633. The molecule has 1 aromatic carbocycles. The second-order valence-electron chi connectivity index (χ2n) is 4.73. The van der Waals surface area contributed by atoms with Crippen molar-refractivity contribution in [3.63, 3.8) is 0 Å². The second kappa shape index (κ2) is 7.14. The van der Waals surface area contributed by atoms with Crippen molar-refractivity contribution < 1.29 is 14.3 Å². The van der Waals surface area contributed by atoms with Gasteiger partial charge in [0.05, 0.1) is 13.2 Å². The van der Waals surface area contributed by atoms with E-state index < -0.39 is 0 Å². The highest BCUT2D eigenvalue weighted by molar-refractivity contribution is 5.96. The van der Waals surface area contributed by atoms with E-state index >= 15 is 0 Å². The highest BCUT2D eigenvalue weighted by atomic mass is 16.5. The Morgan fingerprint density at radius 1 is 1.11 bits per heavy atom. The largest absolute Gasteiger partial charge is 0.490 e. The average molecular weight is 263 g/mol. The van der Waals surface area contributed by atoms with Crippen molar-refractivity contribution in [2.24, 2.45) is 5.73 Å². The Morgan fingerprint density at radius 2 is 1.89 bits per heavy atom. The van der Waals surface area contributed by atoms with E-state index in [4.69, 9.17) is 15.2 Å². The highest BCUT2D eigenvalue weighted by Gasteiger charge is 2.13. The van der Waals surface area contributed by atoms with Gasteiger partial charge >= 0.3 is 0 Å². The number of carbonyl (C=O) groups is 1. The van der Waals surface area contributed by atoms with Crippen LogP contribution in [0.15, 0.2) is 18.2 Å². The van der Waals surface area contributed by atoms with Crippen LogP contribution in [0.2, 0.25) is 0 Å². The number of Topliss-reactive ketones (excluding diaryl/α,β-unsaturated/α-hetero) is 1. The van der Waals surface area contributed by atoms with Crippen LogP contribution in [0.4, 0.5) is 0 Å². The maximum Gasteiger partial charge on any atom is 0.163 e. The normalized spacial score (nSPS) is 13.9. The average Bonchev–Trinajstić information content (AvgIpc) is 2.67. The molecule has 4 nitrogen and oxygen atoms in total. The van der Waals surface area contributed by atoms with Crippen LogP contribution < -0.4 is 15.2 Å². The van der Waals surface area contributed by atoms with E-state index in [0.29, 0.717) is 37.5 Å². The van der Waals surface area contributed by atoms with Gasteiger partial charge in [-0.25, -0.2) is 0 Å². The summed E-state index contributed by atoms with van der Waals surface area (Å²) in [5, 5.41) is 0. The van der Waals surface area contributed by atoms with Crippen molar-refractivity contribution in [1.82, 2.24) is 0 Å². The molecule has 0 saturated carbocycles. The van der Waals surface area contributed by atoms with E-state index in [-0.39, 0.29) is 5.78 Å². The molecule has 4 heteroatoms. The van der Waals surface area contributed by atoms with E-state index in [2.05, 4.69) is 0 Å². The van der Waals surface area contributed by atoms with Crippen LogP contribution in [-0.2, 0) is 0 Å². The zero-order chi connectivity index (χ0) is 13.5. The van der Waals surface area contributed by atoms with Gasteiger partial charge in [-0.1, -0.05) is 6.42 Å². The van der Waals surface area contributed by atoms with Crippen molar-refractivity contribution in [2.75, 3.05) is 19.8 Å². The Balaban J connectivity index is 1.96. The number of fused-ring (bicyclic) bond motifs is 1. The number of ketones is 1. The molecule has 0 fully saturated rings. The predicted octanol–water partition coefficient (Wildman–Crippen LogP) is 2.55. The molecule has 0 bridgehead atoms. The standard InChI is InChI=1S/C15H21NO3/c16-8-3-1-2-5-13(17)12-6-7-14-15(11-12)19-10-4-9-18-14/h6-7,11H,1-5,8-10,16H2. The molecule has 104 valence electrons. The lowest BCUT2D eigenvalue weighted by Crippen LogP contribution is -2.02. The summed E-state index contributed by atoms with van der Waals surface area (Å²) in [6.07, 6.45) is 4.32. The minimum absolute atomic E-state index is 0.160. The third-order valence-corrected chi connectivity index (χ3v) is 3.18. The van der Waals surface area contributed by atoms with Gasteiger partial charge < -0.3 is 15.2 Å². The first-order valence-electron chi connectivity index (χ1n) is 6.94. The third kappa shape index (κ3) is 3.96. The number of benzene rings is 1. The molecule has 0 aromatic heterocycles. The molecule has 0 unspecified atom stereocenters. The van der Waals surface area contributed by atoms with E-state index in [1.807, 2.05) is 12.1 Å². The molecular formula is C15H21NO3. The van der Waals surface area contributed by atoms with Gasteiger partial charge in [-0.05, 0) is 37.6 Å². The van der Waals surface area contributed by atoms with E-state index in [1.165, 1.54) is 0 Å². The third-order valence-electron chi connectivity index (χ3n) is 3.18. The second-order valence-corrected chi connectivity index (χ2v) is 4.73. The minimum Gasteiger partial charge on any atom is -0.490 e. The molecule has 0 aliphatic carbocycles. The Bertz CT molecular complexity index is 431. The number of rotatable bonds is 6. The van der Waals surface area contributed by atoms with Crippen molar-refractivity contribution in [2.45, 2.75) is 32.1 Å². The molecule has 1 heterocycles. The first kappa shape index (κ1) is 13.9. The van der Waals surface area contributed by atoms with Gasteiger partial charge in [0, 0.05) is 18.4 Å². The summed E-state index contributed by atoms with van der Waals surface area (Å²) in [6.45, 7) is 2.00. The smallest absolute Gasteiger partial charge is 0.163 e. The molecule has 0 saturated heterocycles. The first-order chi connectivity index (χ1) is 9.31. The Labute approximate surface area is 113 Å². The lowest BCUT2D eigenvalue weighted by Gasteiger charge is -2.08. The first-order valence-corrected chi connectivity index (χ1v) is 6.94. The summed E-state index contributed by atoms with van der Waals surface area (Å²) < 4.78 is 11.1. The number of unbranched alkanes of at least 4 members (excludes halogenated alkanes) is 2. The molecule has 2 rings (SSSR count). The molecule has 1 aliphatic rings. The van der Waals surface area contributed by atoms with Crippen molar-refractivity contribution in [3.8, 4) is 11.5 Å². The minimum atomic E-state index is 0.160. The van der Waals surface area contributed by atoms with E-state index in [0.717, 1.165) is 31.4 Å². The maximum atomic E-state index is 12.1. The van der Waals surface area contributed by atoms with E-state index in [1.54, 1.807) is 6.07 Å². The van der Waals surface area contributed by atoms with Crippen molar-refractivity contribution >= 4 is 5.78 Å². The molecule has 0 radical (unpaired) electrons. The molecule has 19 heavy (non-hydrogen) atoms. The number of ether oxygens (including phenoxy) is 2. The SMILES string of the molecule is NCCCCCC(=O)c1ccc2c(c1)OCCCO2. The molecule has 0 amide bonds. The molecule has 1 aliphatic heterocycles. The van der Waals surface area contributed by atoms with Gasteiger partial charge in [0.2, 0.25) is 0 Å². The van der Waals surface area contributed by atoms with Gasteiger partial charge in [0.15, 0.2) is 17.3 Å². The van der Waals surface area contributed by atoms with Crippen molar-refractivity contribution in [3.05, 3.63) is 23.8 Å². The number of hydrogen-bond acceptors (Lipinski definition) is 4. The van der Waals surface area contributed by atoms with Gasteiger partial charge in [-0.2, -0.15) is 0 Å². The lowest BCUT2D eigenvalue weighted by molar-refractivity contribution is 0.0978. The summed E-state index contributed by atoms with van der Waals surface area (Å²) in [6, 6.07) is 5.44. The topological polar surface area (TPSA) is 61.6 Å². The highest BCUT2D eigenvalue weighted by Crippen LogP contribution is 2.30. The Morgan fingerprint density at radius 3 is 2.68 bits per heavy atom.